The van der Waals surface area contributed by atoms with Gasteiger partial charge < -0.3 is 14.8 Å². The molecular weight excluding hydrogens is 338 g/mol. The number of carbonyl (C=O) groups excluding carboxylic acids is 1. The van der Waals surface area contributed by atoms with Crippen LogP contribution >= 0.6 is 0 Å². The Morgan fingerprint density at radius 1 is 0.815 bits per heavy atom. The maximum atomic E-state index is 12.3. The van der Waals surface area contributed by atoms with E-state index in [1.807, 2.05) is 78.9 Å². The minimum atomic E-state index is -0.0149. The molecule has 4 heteroatoms. The Bertz CT molecular complexity index is 860. The molecule has 0 saturated carbocycles. The molecular formula is C23H23NO3. The van der Waals surface area contributed by atoms with Gasteiger partial charge >= 0.3 is 0 Å². The van der Waals surface area contributed by atoms with Crippen molar-refractivity contribution < 1.29 is 14.3 Å². The molecule has 3 rings (SSSR count). The highest BCUT2D eigenvalue weighted by Gasteiger charge is 2.07. The SMILES string of the molecule is COc1ccc(CC(=O)NCc2ccccc2COc2ccccc2)cc1. The monoisotopic (exact) mass is 361 g/mol. The van der Waals surface area contributed by atoms with Crippen molar-refractivity contribution in [2.75, 3.05) is 7.11 Å². The molecule has 3 aromatic carbocycles. The van der Waals surface area contributed by atoms with Crippen LogP contribution in [0.3, 0.4) is 0 Å². The van der Waals surface area contributed by atoms with Crippen LogP contribution in [0.1, 0.15) is 16.7 Å². The van der Waals surface area contributed by atoms with Crippen LogP contribution in [0, 0.1) is 0 Å². The highest BCUT2D eigenvalue weighted by atomic mass is 16.5. The summed E-state index contributed by atoms with van der Waals surface area (Å²) in [6.07, 6.45) is 0.340. The van der Waals surface area contributed by atoms with Crippen LogP contribution in [0.2, 0.25) is 0 Å². The van der Waals surface area contributed by atoms with Crippen molar-refractivity contribution in [3.05, 3.63) is 95.6 Å². The predicted molar refractivity (Wildman–Crippen MR) is 106 cm³/mol. The Balaban J connectivity index is 1.54. The molecule has 3 aromatic rings. The molecule has 0 aromatic heterocycles. The van der Waals surface area contributed by atoms with Gasteiger partial charge in [0.1, 0.15) is 18.1 Å². The van der Waals surface area contributed by atoms with E-state index in [4.69, 9.17) is 9.47 Å². The van der Waals surface area contributed by atoms with Crippen LogP contribution < -0.4 is 14.8 Å². The third kappa shape index (κ3) is 5.61. The fourth-order valence-corrected chi connectivity index (χ4v) is 2.73. The normalized spacial score (nSPS) is 10.3. The first kappa shape index (κ1) is 18.5. The van der Waals surface area contributed by atoms with Crippen LogP contribution in [0.5, 0.6) is 11.5 Å². The van der Waals surface area contributed by atoms with E-state index in [0.29, 0.717) is 19.6 Å². The molecule has 0 fully saturated rings. The van der Waals surface area contributed by atoms with Gasteiger partial charge in [-0.25, -0.2) is 0 Å². The highest BCUT2D eigenvalue weighted by molar-refractivity contribution is 5.78. The summed E-state index contributed by atoms with van der Waals surface area (Å²) >= 11 is 0. The van der Waals surface area contributed by atoms with E-state index in [1.165, 1.54) is 0 Å². The van der Waals surface area contributed by atoms with Crippen molar-refractivity contribution in [2.24, 2.45) is 0 Å². The van der Waals surface area contributed by atoms with E-state index in [9.17, 15) is 4.79 Å². The largest absolute Gasteiger partial charge is 0.497 e. The van der Waals surface area contributed by atoms with Gasteiger partial charge in [0.05, 0.1) is 13.5 Å². The van der Waals surface area contributed by atoms with E-state index in [2.05, 4.69) is 5.32 Å². The average molecular weight is 361 g/mol. The maximum Gasteiger partial charge on any atom is 0.224 e. The first-order valence-corrected chi connectivity index (χ1v) is 8.89. The van der Waals surface area contributed by atoms with Gasteiger partial charge in [0.2, 0.25) is 5.91 Å². The van der Waals surface area contributed by atoms with Crippen molar-refractivity contribution in [1.82, 2.24) is 5.32 Å². The summed E-state index contributed by atoms with van der Waals surface area (Å²) < 4.78 is 11.0. The Kier molecular flexibility index (Phi) is 6.47. The molecule has 0 aliphatic carbocycles. The average Bonchev–Trinajstić information content (AvgIpc) is 2.72. The molecule has 0 saturated heterocycles. The second-order valence-electron chi connectivity index (χ2n) is 6.17. The first-order chi connectivity index (χ1) is 13.2. The van der Waals surface area contributed by atoms with Crippen molar-refractivity contribution in [3.8, 4) is 11.5 Å². The van der Waals surface area contributed by atoms with Gasteiger partial charge in [0.15, 0.2) is 0 Å². The van der Waals surface area contributed by atoms with Gasteiger partial charge in [-0.15, -0.1) is 0 Å². The number of hydrogen-bond acceptors (Lipinski definition) is 3. The smallest absolute Gasteiger partial charge is 0.224 e. The molecule has 0 unspecified atom stereocenters. The number of para-hydroxylation sites is 1. The molecule has 0 aliphatic rings. The Morgan fingerprint density at radius 2 is 1.48 bits per heavy atom. The topological polar surface area (TPSA) is 47.6 Å². The lowest BCUT2D eigenvalue weighted by molar-refractivity contribution is -0.120. The molecule has 4 nitrogen and oxygen atoms in total. The molecule has 1 N–H and O–H groups in total. The minimum Gasteiger partial charge on any atom is -0.497 e. The van der Waals surface area contributed by atoms with Crippen molar-refractivity contribution in [1.29, 1.82) is 0 Å². The van der Waals surface area contributed by atoms with Crippen molar-refractivity contribution in [3.63, 3.8) is 0 Å². The second-order valence-corrected chi connectivity index (χ2v) is 6.17. The summed E-state index contributed by atoms with van der Waals surface area (Å²) in [5.74, 6) is 1.60. The van der Waals surface area contributed by atoms with E-state index < -0.39 is 0 Å². The second kappa shape index (κ2) is 9.43. The van der Waals surface area contributed by atoms with Crippen LogP contribution in [-0.2, 0) is 24.4 Å². The van der Waals surface area contributed by atoms with E-state index in [-0.39, 0.29) is 5.91 Å². The minimum absolute atomic E-state index is 0.0149. The summed E-state index contributed by atoms with van der Waals surface area (Å²) in [5, 5.41) is 2.99. The fraction of sp³-hybridized carbons (Fsp3) is 0.174. The molecule has 0 aliphatic heterocycles. The quantitative estimate of drug-likeness (QED) is 0.656. The third-order valence-electron chi connectivity index (χ3n) is 4.26. The number of methoxy groups -OCH3 is 1. The van der Waals surface area contributed by atoms with E-state index >= 15 is 0 Å². The summed E-state index contributed by atoms with van der Waals surface area (Å²) in [5.41, 5.74) is 3.07. The lowest BCUT2D eigenvalue weighted by Gasteiger charge is -2.12. The van der Waals surface area contributed by atoms with Crippen LogP contribution in [0.25, 0.3) is 0 Å². The molecule has 27 heavy (non-hydrogen) atoms. The van der Waals surface area contributed by atoms with Crippen LogP contribution in [-0.4, -0.2) is 13.0 Å². The van der Waals surface area contributed by atoms with Crippen molar-refractivity contribution in [2.45, 2.75) is 19.6 Å². The summed E-state index contributed by atoms with van der Waals surface area (Å²) in [6.45, 7) is 0.942. The number of rotatable bonds is 8. The Hall–Kier alpha value is -3.27. The summed E-state index contributed by atoms with van der Waals surface area (Å²) in [4.78, 5) is 12.3. The van der Waals surface area contributed by atoms with Crippen LogP contribution in [0.4, 0.5) is 0 Å². The number of nitrogens with one attached hydrogen (secondary N) is 1. The zero-order chi connectivity index (χ0) is 18.9. The van der Waals surface area contributed by atoms with E-state index in [1.54, 1.807) is 7.11 Å². The molecule has 138 valence electrons. The van der Waals surface area contributed by atoms with Gasteiger partial charge in [0, 0.05) is 6.54 Å². The fourth-order valence-electron chi connectivity index (χ4n) is 2.73. The van der Waals surface area contributed by atoms with Crippen LogP contribution in [0.15, 0.2) is 78.9 Å². The summed E-state index contributed by atoms with van der Waals surface area (Å²) in [7, 11) is 1.63. The van der Waals surface area contributed by atoms with Crippen molar-refractivity contribution >= 4 is 5.91 Å². The highest BCUT2D eigenvalue weighted by Crippen LogP contribution is 2.15. The molecule has 0 atom stereocenters. The molecule has 0 spiro atoms. The first-order valence-electron chi connectivity index (χ1n) is 8.89. The number of benzene rings is 3. The third-order valence-corrected chi connectivity index (χ3v) is 4.26. The van der Waals surface area contributed by atoms with Gasteiger partial charge in [-0.3, -0.25) is 4.79 Å². The number of carbonyl (C=O) groups is 1. The number of ether oxygens (including phenoxy) is 2. The molecule has 0 radical (unpaired) electrons. The zero-order valence-electron chi connectivity index (χ0n) is 15.4. The standard InChI is InChI=1S/C23H23NO3/c1-26-21-13-11-18(12-14-21)15-23(25)24-16-19-7-5-6-8-20(19)17-27-22-9-3-2-4-10-22/h2-14H,15-17H2,1H3,(H,24,25). The lowest BCUT2D eigenvalue weighted by Crippen LogP contribution is -2.25. The Labute approximate surface area is 159 Å². The predicted octanol–water partition coefficient (Wildman–Crippen LogP) is 4.13. The van der Waals surface area contributed by atoms with Gasteiger partial charge in [0.25, 0.3) is 0 Å². The maximum absolute atomic E-state index is 12.3. The van der Waals surface area contributed by atoms with Gasteiger partial charge in [-0.1, -0.05) is 54.6 Å². The number of amides is 1. The number of hydrogen-bond donors (Lipinski definition) is 1. The molecule has 1 amide bonds. The molecule has 0 heterocycles. The lowest BCUT2D eigenvalue weighted by atomic mass is 10.1. The van der Waals surface area contributed by atoms with Gasteiger partial charge in [-0.05, 0) is 41.0 Å². The van der Waals surface area contributed by atoms with E-state index in [0.717, 1.165) is 28.2 Å². The Morgan fingerprint density at radius 3 is 2.19 bits per heavy atom. The zero-order valence-corrected chi connectivity index (χ0v) is 15.4. The summed E-state index contributed by atoms with van der Waals surface area (Å²) in [6, 6.07) is 25.2. The van der Waals surface area contributed by atoms with Gasteiger partial charge in [-0.2, -0.15) is 0 Å². The molecule has 0 bridgehead atoms.